The molecular weight excluding hydrogens is 347 g/mol. The van der Waals surface area contributed by atoms with Gasteiger partial charge in [-0.3, -0.25) is 0 Å². The first kappa shape index (κ1) is 13.4. The molecule has 0 amide bonds. The lowest BCUT2D eigenvalue weighted by Gasteiger charge is -2.15. The molecule has 0 aliphatic carbocycles. The van der Waals surface area contributed by atoms with Crippen LogP contribution in [0.5, 0.6) is 0 Å². The Labute approximate surface area is 122 Å². The highest BCUT2D eigenvalue weighted by Crippen LogP contribution is 2.22. The van der Waals surface area contributed by atoms with Crippen LogP contribution in [0.25, 0.3) is 0 Å². The summed E-state index contributed by atoms with van der Waals surface area (Å²) in [5.74, 6) is 0. The van der Waals surface area contributed by atoms with Gasteiger partial charge in [-0.05, 0) is 79.7 Å². The number of hydrogen-bond donors (Lipinski definition) is 1. The van der Waals surface area contributed by atoms with Gasteiger partial charge in [-0.2, -0.15) is 0 Å². The first-order valence-electron chi connectivity index (χ1n) is 6.17. The molecule has 2 rings (SSSR count). The predicted molar refractivity (Wildman–Crippen MR) is 82.9 cm³/mol. The molecule has 1 fully saturated rings. The van der Waals surface area contributed by atoms with Crippen molar-refractivity contribution in [2.45, 2.75) is 19.3 Å². The summed E-state index contributed by atoms with van der Waals surface area (Å²) in [4.78, 5) is 2.55. The second-order valence-corrected chi connectivity index (χ2v) is 6.05. The zero-order valence-electron chi connectivity index (χ0n) is 9.88. The van der Waals surface area contributed by atoms with E-state index in [1.54, 1.807) is 0 Å². The Bertz CT molecular complexity index is 364. The van der Waals surface area contributed by atoms with E-state index in [2.05, 4.69) is 38.9 Å². The van der Waals surface area contributed by atoms with E-state index < -0.39 is 0 Å². The van der Waals surface area contributed by atoms with E-state index in [4.69, 9.17) is 11.6 Å². The van der Waals surface area contributed by atoms with E-state index in [0.29, 0.717) is 0 Å². The Hall–Kier alpha value is -0.000000000000000111. The third-order valence-corrected chi connectivity index (χ3v) is 4.22. The van der Waals surface area contributed by atoms with Gasteiger partial charge in [0.1, 0.15) is 0 Å². The summed E-state index contributed by atoms with van der Waals surface area (Å²) in [5, 5.41) is 4.27. The largest absolute Gasteiger partial charge is 0.384 e. The van der Waals surface area contributed by atoms with Crippen molar-refractivity contribution >= 4 is 39.9 Å². The molecule has 17 heavy (non-hydrogen) atoms. The van der Waals surface area contributed by atoms with Gasteiger partial charge < -0.3 is 10.2 Å². The molecular formula is C13H18ClIN2. The van der Waals surface area contributed by atoms with Gasteiger partial charge >= 0.3 is 0 Å². The lowest BCUT2D eigenvalue weighted by molar-refractivity contribution is 0.337. The van der Waals surface area contributed by atoms with Crippen molar-refractivity contribution in [3.8, 4) is 0 Å². The molecule has 1 aliphatic heterocycles. The fraction of sp³-hybridized carbons (Fsp3) is 0.538. The average Bonchev–Trinajstić information content (AvgIpc) is 2.79. The number of hydrogen-bond acceptors (Lipinski definition) is 2. The average molecular weight is 365 g/mol. The Morgan fingerprint density at radius 3 is 2.76 bits per heavy atom. The number of nitrogens with zero attached hydrogens (tertiary/aromatic N) is 1. The van der Waals surface area contributed by atoms with Crippen molar-refractivity contribution in [3.63, 3.8) is 0 Å². The quantitative estimate of drug-likeness (QED) is 0.631. The molecule has 2 nitrogen and oxygen atoms in total. The highest BCUT2D eigenvalue weighted by Gasteiger charge is 2.10. The number of anilines is 1. The second-order valence-electron chi connectivity index (χ2n) is 4.45. The maximum Gasteiger partial charge on any atom is 0.0476 e. The zero-order valence-corrected chi connectivity index (χ0v) is 12.8. The maximum atomic E-state index is 5.93. The lowest BCUT2D eigenvalue weighted by atomic mass is 10.3. The molecule has 1 aromatic carbocycles. The van der Waals surface area contributed by atoms with Crippen LogP contribution in [0, 0.1) is 3.57 Å². The van der Waals surface area contributed by atoms with E-state index in [1.807, 2.05) is 12.1 Å². The molecule has 0 radical (unpaired) electrons. The molecule has 0 atom stereocenters. The van der Waals surface area contributed by atoms with Crippen LogP contribution in [-0.4, -0.2) is 31.1 Å². The van der Waals surface area contributed by atoms with E-state index in [0.717, 1.165) is 11.6 Å². The van der Waals surface area contributed by atoms with Gasteiger partial charge in [0.05, 0.1) is 0 Å². The number of halogens is 2. The molecule has 1 heterocycles. The summed E-state index contributed by atoms with van der Waals surface area (Å²) in [5.41, 5.74) is 1.19. The Morgan fingerprint density at radius 1 is 1.29 bits per heavy atom. The van der Waals surface area contributed by atoms with E-state index in [1.165, 1.54) is 48.2 Å². The minimum atomic E-state index is 0.803. The van der Waals surface area contributed by atoms with Gasteiger partial charge in [-0.1, -0.05) is 11.6 Å². The first-order valence-corrected chi connectivity index (χ1v) is 7.62. The second kappa shape index (κ2) is 6.81. The fourth-order valence-corrected chi connectivity index (χ4v) is 3.23. The molecule has 4 heteroatoms. The maximum absolute atomic E-state index is 5.93. The molecule has 0 spiro atoms. The van der Waals surface area contributed by atoms with Crippen LogP contribution in [0.3, 0.4) is 0 Å². The summed E-state index contributed by atoms with van der Waals surface area (Å²) in [6.45, 7) is 4.84. The van der Waals surface area contributed by atoms with Crippen molar-refractivity contribution in [2.24, 2.45) is 0 Å². The van der Waals surface area contributed by atoms with Crippen LogP contribution in [0.1, 0.15) is 19.3 Å². The number of likely N-dealkylation sites (tertiary alicyclic amines) is 1. The van der Waals surface area contributed by atoms with Crippen LogP contribution in [-0.2, 0) is 0 Å². The van der Waals surface area contributed by atoms with Gasteiger partial charge in [0.15, 0.2) is 0 Å². The Kier molecular flexibility index (Phi) is 5.38. The zero-order chi connectivity index (χ0) is 12.1. The predicted octanol–water partition coefficient (Wildman–Crippen LogP) is 3.84. The molecule has 1 saturated heterocycles. The standard InChI is InChI=1S/C13H18ClIN2/c14-11-4-5-13(12(15)10-11)16-6-3-9-17-7-1-2-8-17/h4-5,10,16H,1-3,6-9H2. The van der Waals surface area contributed by atoms with Crippen LogP contribution >= 0.6 is 34.2 Å². The van der Waals surface area contributed by atoms with Crippen molar-refractivity contribution in [1.82, 2.24) is 4.90 Å². The van der Waals surface area contributed by atoms with Gasteiger partial charge in [-0.15, -0.1) is 0 Å². The molecule has 1 aromatic rings. The summed E-state index contributed by atoms with van der Waals surface area (Å²) >= 11 is 8.24. The van der Waals surface area contributed by atoms with Crippen LogP contribution in [0.4, 0.5) is 5.69 Å². The monoisotopic (exact) mass is 364 g/mol. The molecule has 94 valence electrons. The first-order chi connectivity index (χ1) is 8.25. The number of nitrogens with one attached hydrogen (secondary N) is 1. The third-order valence-electron chi connectivity index (χ3n) is 3.10. The topological polar surface area (TPSA) is 15.3 Å². The van der Waals surface area contributed by atoms with Gasteiger partial charge in [-0.25, -0.2) is 0 Å². The summed E-state index contributed by atoms with van der Waals surface area (Å²) in [7, 11) is 0. The number of rotatable bonds is 5. The molecule has 0 saturated carbocycles. The van der Waals surface area contributed by atoms with Crippen molar-refractivity contribution in [3.05, 3.63) is 26.8 Å². The molecule has 0 unspecified atom stereocenters. The van der Waals surface area contributed by atoms with Crippen molar-refractivity contribution in [2.75, 3.05) is 31.5 Å². The molecule has 0 aromatic heterocycles. The molecule has 0 bridgehead atoms. The summed E-state index contributed by atoms with van der Waals surface area (Å²) < 4.78 is 1.19. The summed E-state index contributed by atoms with van der Waals surface area (Å²) in [6, 6.07) is 5.98. The van der Waals surface area contributed by atoms with Crippen LogP contribution < -0.4 is 5.32 Å². The molecule has 1 N–H and O–H groups in total. The van der Waals surface area contributed by atoms with Gasteiger partial charge in [0.25, 0.3) is 0 Å². The lowest BCUT2D eigenvalue weighted by Crippen LogP contribution is -2.22. The number of benzene rings is 1. The van der Waals surface area contributed by atoms with Gasteiger partial charge in [0.2, 0.25) is 0 Å². The molecule has 1 aliphatic rings. The Balaban J connectivity index is 1.70. The minimum Gasteiger partial charge on any atom is -0.384 e. The van der Waals surface area contributed by atoms with E-state index in [9.17, 15) is 0 Å². The van der Waals surface area contributed by atoms with E-state index >= 15 is 0 Å². The van der Waals surface area contributed by atoms with Crippen LogP contribution in [0.2, 0.25) is 5.02 Å². The van der Waals surface area contributed by atoms with Crippen molar-refractivity contribution in [1.29, 1.82) is 0 Å². The normalized spacial score (nSPS) is 16.4. The van der Waals surface area contributed by atoms with E-state index in [-0.39, 0.29) is 0 Å². The Morgan fingerprint density at radius 2 is 2.06 bits per heavy atom. The summed E-state index contributed by atoms with van der Waals surface area (Å²) in [6.07, 6.45) is 3.96. The van der Waals surface area contributed by atoms with Gasteiger partial charge in [0, 0.05) is 20.8 Å². The minimum absolute atomic E-state index is 0.803. The smallest absolute Gasteiger partial charge is 0.0476 e. The SMILES string of the molecule is Clc1ccc(NCCCN2CCCC2)c(I)c1. The van der Waals surface area contributed by atoms with Crippen molar-refractivity contribution < 1.29 is 0 Å². The highest BCUT2D eigenvalue weighted by atomic mass is 127. The third kappa shape index (κ3) is 4.30. The fourth-order valence-electron chi connectivity index (χ4n) is 2.16. The van der Waals surface area contributed by atoms with Crippen LogP contribution in [0.15, 0.2) is 18.2 Å². The highest BCUT2D eigenvalue weighted by molar-refractivity contribution is 14.1.